The summed E-state index contributed by atoms with van der Waals surface area (Å²) < 4.78 is 5.64. The van der Waals surface area contributed by atoms with E-state index in [0.717, 1.165) is 38.6 Å². The number of hydrogen-bond donors (Lipinski definition) is 0. The highest BCUT2D eigenvalue weighted by Gasteiger charge is 2.03. The molecular weight excluding hydrogens is 176 g/mol. The van der Waals surface area contributed by atoms with Crippen molar-refractivity contribution in [2.45, 2.75) is 52.1 Å². The maximum absolute atomic E-state index is 10.2. The van der Waals surface area contributed by atoms with Gasteiger partial charge in [0.25, 0.3) is 0 Å². The molecule has 0 aromatic carbocycles. The summed E-state index contributed by atoms with van der Waals surface area (Å²) in [5, 5.41) is 0. The molecule has 0 N–H and O–H groups in total. The van der Waals surface area contributed by atoms with E-state index in [1.807, 2.05) is 6.08 Å². The zero-order valence-electron chi connectivity index (χ0n) is 9.37. The van der Waals surface area contributed by atoms with Gasteiger partial charge in [-0.3, -0.25) is 4.79 Å². The van der Waals surface area contributed by atoms with Crippen LogP contribution in [0.15, 0.2) is 12.2 Å². The second-order valence-electron chi connectivity index (χ2n) is 3.43. The Morgan fingerprint density at radius 2 is 1.93 bits per heavy atom. The Labute approximate surface area is 87.3 Å². The molecule has 0 heterocycles. The van der Waals surface area contributed by atoms with Gasteiger partial charge in [-0.1, -0.05) is 39.2 Å². The first kappa shape index (κ1) is 13.4. The van der Waals surface area contributed by atoms with Gasteiger partial charge in [-0.2, -0.15) is 0 Å². The summed E-state index contributed by atoms with van der Waals surface area (Å²) in [5.74, 6) is 0. The van der Waals surface area contributed by atoms with Crippen LogP contribution in [0, 0.1) is 0 Å². The highest BCUT2D eigenvalue weighted by Crippen LogP contribution is 2.07. The van der Waals surface area contributed by atoms with Crippen LogP contribution in [-0.4, -0.2) is 19.0 Å². The third-order valence-corrected chi connectivity index (χ3v) is 2.08. The predicted octanol–water partition coefficient (Wildman–Crippen LogP) is 3.12. The van der Waals surface area contributed by atoms with Crippen molar-refractivity contribution in [1.82, 2.24) is 0 Å². The lowest BCUT2D eigenvalue weighted by Crippen LogP contribution is -2.10. The number of rotatable bonds is 9. The van der Waals surface area contributed by atoms with Crippen molar-refractivity contribution in [3.8, 4) is 0 Å². The normalized spacial score (nSPS) is 13.3. The van der Waals surface area contributed by atoms with Crippen LogP contribution in [0.25, 0.3) is 0 Å². The molecule has 0 aromatic heterocycles. The fraction of sp³-hybridized carbons (Fsp3) is 0.750. The Bertz CT molecular complexity index is 152. The number of unbranched alkanes of at least 4 members (excludes halogenated alkanes) is 2. The van der Waals surface area contributed by atoms with Crippen LogP contribution in [0.5, 0.6) is 0 Å². The molecule has 0 amide bonds. The first-order valence-corrected chi connectivity index (χ1v) is 5.58. The van der Waals surface area contributed by atoms with Crippen LogP contribution in [0.1, 0.15) is 46.0 Å². The number of ether oxygens (including phenoxy) is 1. The van der Waals surface area contributed by atoms with Gasteiger partial charge in [-0.25, -0.2) is 0 Å². The highest BCUT2D eigenvalue weighted by atomic mass is 16.5. The minimum atomic E-state index is 0.131. The van der Waals surface area contributed by atoms with Gasteiger partial charge in [0.05, 0.1) is 6.10 Å². The Balaban J connectivity index is 3.71. The van der Waals surface area contributed by atoms with Crippen molar-refractivity contribution >= 4 is 6.29 Å². The van der Waals surface area contributed by atoms with Gasteiger partial charge >= 0.3 is 0 Å². The third kappa shape index (κ3) is 7.99. The van der Waals surface area contributed by atoms with Crippen LogP contribution in [0.3, 0.4) is 0 Å². The molecule has 0 aliphatic carbocycles. The van der Waals surface area contributed by atoms with Gasteiger partial charge in [0.15, 0.2) is 0 Å². The molecule has 1 atom stereocenters. The van der Waals surface area contributed by atoms with E-state index in [1.165, 1.54) is 12.5 Å². The van der Waals surface area contributed by atoms with Gasteiger partial charge in [-0.05, 0) is 18.9 Å². The van der Waals surface area contributed by atoms with E-state index >= 15 is 0 Å². The Hall–Kier alpha value is -0.630. The van der Waals surface area contributed by atoms with Crippen molar-refractivity contribution < 1.29 is 9.53 Å². The van der Waals surface area contributed by atoms with E-state index in [9.17, 15) is 4.79 Å². The molecule has 82 valence electrons. The Kier molecular flexibility index (Phi) is 9.98. The second kappa shape index (κ2) is 10.5. The average Bonchev–Trinajstić information content (AvgIpc) is 2.21. The van der Waals surface area contributed by atoms with Crippen molar-refractivity contribution in [1.29, 1.82) is 0 Å². The number of carbonyl (C=O) groups excluding carboxylic acids is 1. The maximum Gasteiger partial charge on any atom is 0.142 e. The van der Waals surface area contributed by atoms with Gasteiger partial charge in [0.1, 0.15) is 6.29 Å². The lowest BCUT2D eigenvalue weighted by atomic mass is 10.1. The quantitative estimate of drug-likeness (QED) is 0.323. The van der Waals surface area contributed by atoms with E-state index in [4.69, 9.17) is 4.74 Å². The summed E-state index contributed by atoms with van der Waals surface area (Å²) in [6.07, 6.45) is 9.92. The Morgan fingerprint density at radius 3 is 2.50 bits per heavy atom. The van der Waals surface area contributed by atoms with Crippen LogP contribution < -0.4 is 0 Å². The van der Waals surface area contributed by atoms with Crippen molar-refractivity contribution in [2.75, 3.05) is 6.61 Å². The fourth-order valence-electron chi connectivity index (χ4n) is 1.19. The maximum atomic E-state index is 10.2. The second-order valence-corrected chi connectivity index (χ2v) is 3.43. The van der Waals surface area contributed by atoms with E-state index in [2.05, 4.69) is 13.8 Å². The lowest BCUT2D eigenvalue weighted by molar-refractivity contribution is -0.104. The van der Waals surface area contributed by atoms with Crippen LogP contribution in [-0.2, 0) is 9.53 Å². The zero-order valence-corrected chi connectivity index (χ0v) is 9.37. The summed E-state index contributed by atoms with van der Waals surface area (Å²) in [4.78, 5) is 10.2. The van der Waals surface area contributed by atoms with Gasteiger partial charge in [0, 0.05) is 6.61 Å². The van der Waals surface area contributed by atoms with Crippen molar-refractivity contribution in [3.63, 3.8) is 0 Å². The van der Waals surface area contributed by atoms with Crippen LogP contribution in [0.2, 0.25) is 0 Å². The molecule has 0 aliphatic rings. The molecule has 1 unspecified atom stereocenters. The standard InChI is InChI=1S/C12H22O2/c1-3-5-8-12(9-7-10-13)14-11-6-4-2/h7,9-10,12H,3-6,8,11H2,1-2H3. The largest absolute Gasteiger partial charge is 0.374 e. The van der Waals surface area contributed by atoms with E-state index in [0.29, 0.717) is 0 Å². The van der Waals surface area contributed by atoms with E-state index in [-0.39, 0.29) is 6.10 Å². The van der Waals surface area contributed by atoms with Gasteiger partial charge < -0.3 is 4.74 Å². The molecule has 0 spiro atoms. The summed E-state index contributed by atoms with van der Waals surface area (Å²) in [6, 6.07) is 0. The fourth-order valence-corrected chi connectivity index (χ4v) is 1.19. The van der Waals surface area contributed by atoms with Gasteiger partial charge in [-0.15, -0.1) is 0 Å². The smallest absolute Gasteiger partial charge is 0.142 e. The van der Waals surface area contributed by atoms with Gasteiger partial charge in [0.2, 0.25) is 0 Å². The first-order chi connectivity index (χ1) is 6.85. The number of hydrogen-bond acceptors (Lipinski definition) is 2. The average molecular weight is 198 g/mol. The molecule has 0 bridgehead atoms. The monoisotopic (exact) mass is 198 g/mol. The Morgan fingerprint density at radius 1 is 1.21 bits per heavy atom. The van der Waals surface area contributed by atoms with Crippen molar-refractivity contribution in [2.24, 2.45) is 0 Å². The summed E-state index contributed by atoms with van der Waals surface area (Å²) in [5.41, 5.74) is 0. The molecule has 14 heavy (non-hydrogen) atoms. The number of carbonyl (C=O) groups is 1. The molecular formula is C12H22O2. The number of aldehydes is 1. The third-order valence-electron chi connectivity index (χ3n) is 2.08. The molecule has 0 saturated heterocycles. The van der Waals surface area contributed by atoms with Crippen LogP contribution in [0.4, 0.5) is 0 Å². The summed E-state index contributed by atoms with van der Waals surface area (Å²) in [7, 11) is 0. The molecule has 0 fully saturated rings. The SMILES string of the molecule is CCCCOC(C=CC=O)CCCC. The summed E-state index contributed by atoms with van der Waals surface area (Å²) in [6.45, 7) is 5.10. The molecule has 2 heteroatoms. The van der Waals surface area contributed by atoms with Crippen LogP contribution >= 0.6 is 0 Å². The van der Waals surface area contributed by atoms with E-state index < -0.39 is 0 Å². The molecule has 0 saturated carbocycles. The molecule has 0 aliphatic heterocycles. The summed E-state index contributed by atoms with van der Waals surface area (Å²) >= 11 is 0. The molecule has 0 aromatic rings. The first-order valence-electron chi connectivity index (χ1n) is 5.58. The molecule has 2 nitrogen and oxygen atoms in total. The lowest BCUT2D eigenvalue weighted by Gasteiger charge is -2.12. The minimum Gasteiger partial charge on any atom is -0.374 e. The molecule has 0 rings (SSSR count). The zero-order chi connectivity index (χ0) is 10.6. The van der Waals surface area contributed by atoms with Crippen molar-refractivity contribution in [3.05, 3.63) is 12.2 Å². The van der Waals surface area contributed by atoms with E-state index in [1.54, 1.807) is 0 Å². The molecule has 0 radical (unpaired) electrons. The predicted molar refractivity (Wildman–Crippen MR) is 59.4 cm³/mol. The topological polar surface area (TPSA) is 26.3 Å². The highest BCUT2D eigenvalue weighted by molar-refractivity contribution is 5.64. The minimum absolute atomic E-state index is 0.131. The number of allylic oxidation sites excluding steroid dienone is 1.